The highest BCUT2D eigenvalue weighted by atomic mass is 79.9. The van der Waals surface area contributed by atoms with Crippen LogP contribution in [0, 0.1) is 17.8 Å². The van der Waals surface area contributed by atoms with E-state index in [1.807, 2.05) is 33.0 Å². The summed E-state index contributed by atoms with van der Waals surface area (Å²) in [7, 11) is 2.03. The average molecular weight is 655 g/mol. The fraction of sp³-hybridized carbons (Fsp3) is 0.594. The molecule has 11 heteroatoms. The van der Waals surface area contributed by atoms with E-state index in [2.05, 4.69) is 43.3 Å². The van der Waals surface area contributed by atoms with Gasteiger partial charge >= 0.3 is 0 Å². The van der Waals surface area contributed by atoms with Gasteiger partial charge in [0.2, 0.25) is 17.5 Å². The number of carbonyl (C=O) groups excluding carboxylic acids is 3. The van der Waals surface area contributed by atoms with Crippen molar-refractivity contribution in [2.75, 3.05) is 20.1 Å². The van der Waals surface area contributed by atoms with Gasteiger partial charge in [-0.05, 0) is 77.3 Å². The van der Waals surface area contributed by atoms with Crippen LogP contribution in [0.25, 0.3) is 16.5 Å². The van der Waals surface area contributed by atoms with E-state index in [-0.39, 0.29) is 23.8 Å². The Labute approximate surface area is 259 Å². The maximum atomic E-state index is 14.4. The molecule has 3 fully saturated rings. The number of aromatic nitrogens is 1. The van der Waals surface area contributed by atoms with E-state index in [4.69, 9.17) is 4.74 Å². The lowest BCUT2D eigenvalue weighted by Gasteiger charge is -2.49. The van der Waals surface area contributed by atoms with Crippen molar-refractivity contribution in [2.24, 2.45) is 17.8 Å². The van der Waals surface area contributed by atoms with Crippen LogP contribution in [0.3, 0.4) is 0 Å². The van der Waals surface area contributed by atoms with Crippen molar-refractivity contribution in [3.8, 4) is 0 Å². The predicted octanol–water partition coefficient (Wildman–Crippen LogP) is 3.19. The van der Waals surface area contributed by atoms with E-state index in [1.54, 1.807) is 18.7 Å². The number of carbonyl (C=O) groups is 3. The lowest BCUT2D eigenvalue weighted by Crippen LogP contribution is -2.71. The highest BCUT2D eigenvalue weighted by Crippen LogP contribution is 2.49. The maximum Gasteiger partial charge on any atom is 0.281 e. The van der Waals surface area contributed by atoms with Crippen LogP contribution in [0.5, 0.6) is 0 Å². The molecule has 230 valence electrons. The number of likely N-dealkylation sites (N-methyl/N-ethyl adjacent to an activating group) is 1. The smallest absolute Gasteiger partial charge is 0.281 e. The van der Waals surface area contributed by atoms with E-state index in [0.29, 0.717) is 25.9 Å². The second kappa shape index (κ2) is 9.89. The SMILES string of the molecule is CC(C)CC1C(=O)N2CCC[C@H]2C2(O)OC(NC(=O)[C@@H]3C=C4c5cccc6[nH]c(Br)c(c56)C[C@H]4N(C)C3)(C(C)C)C(=O)N12. The molecule has 1 aromatic heterocycles. The van der Waals surface area contributed by atoms with Gasteiger partial charge in [0.1, 0.15) is 12.1 Å². The number of piperazine rings is 1. The Morgan fingerprint density at radius 1 is 1.26 bits per heavy atom. The topological polar surface area (TPSA) is 118 Å². The number of amides is 3. The molecule has 3 unspecified atom stereocenters. The molecule has 4 aliphatic heterocycles. The van der Waals surface area contributed by atoms with Gasteiger partial charge in [0.25, 0.3) is 11.8 Å². The summed E-state index contributed by atoms with van der Waals surface area (Å²) in [6.07, 6.45) is 4.49. The van der Waals surface area contributed by atoms with Gasteiger partial charge < -0.3 is 20.3 Å². The molecule has 5 heterocycles. The highest BCUT2D eigenvalue weighted by molar-refractivity contribution is 9.10. The van der Waals surface area contributed by atoms with Crippen LogP contribution in [0.1, 0.15) is 58.1 Å². The number of H-pyrrole nitrogens is 1. The van der Waals surface area contributed by atoms with Gasteiger partial charge in [-0.1, -0.05) is 45.9 Å². The Morgan fingerprint density at radius 2 is 2.02 bits per heavy atom. The summed E-state index contributed by atoms with van der Waals surface area (Å²) in [4.78, 5) is 50.8. The zero-order valence-corrected chi connectivity index (χ0v) is 26.9. The molecule has 6 atom stereocenters. The Kier molecular flexibility index (Phi) is 6.67. The number of benzene rings is 1. The van der Waals surface area contributed by atoms with E-state index in [9.17, 15) is 19.5 Å². The number of hydrogen-bond donors (Lipinski definition) is 3. The van der Waals surface area contributed by atoms with Crippen molar-refractivity contribution in [2.45, 2.75) is 83.1 Å². The largest absolute Gasteiger partial charge is 0.349 e. The first-order chi connectivity index (χ1) is 20.4. The minimum absolute atomic E-state index is 0.104. The highest BCUT2D eigenvalue weighted by Gasteiger charge is 2.72. The number of nitrogens with one attached hydrogen (secondary N) is 2. The molecular weight excluding hydrogens is 614 g/mol. The second-order valence-electron chi connectivity index (χ2n) is 13.7. The number of fused-ring (bicyclic) bond motifs is 5. The molecular formula is C32H40BrN5O5. The normalized spacial score (nSPS) is 33.7. The van der Waals surface area contributed by atoms with Crippen molar-refractivity contribution < 1.29 is 24.2 Å². The molecule has 5 aliphatic rings. The molecule has 2 aromatic rings. The number of ether oxygens (including phenoxy) is 1. The van der Waals surface area contributed by atoms with Gasteiger partial charge in [-0.25, -0.2) is 0 Å². The zero-order valence-electron chi connectivity index (χ0n) is 25.3. The van der Waals surface area contributed by atoms with Crippen LogP contribution in [0.4, 0.5) is 0 Å². The minimum atomic E-state index is -2.01. The van der Waals surface area contributed by atoms with Crippen molar-refractivity contribution in [3.63, 3.8) is 0 Å². The maximum absolute atomic E-state index is 14.4. The Morgan fingerprint density at radius 3 is 2.74 bits per heavy atom. The van der Waals surface area contributed by atoms with Crippen molar-refractivity contribution in [3.05, 3.63) is 40.0 Å². The van der Waals surface area contributed by atoms with Gasteiger partial charge in [-0.3, -0.25) is 28.9 Å². The van der Waals surface area contributed by atoms with Crippen LogP contribution in [-0.4, -0.2) is 92.4 Å². The summed E-state index contributed by atoms with van der Waals surface area (Å²) in [6, 6.07) is 4.76. The quantitative estimate of drug-likeness (QED) is 0.456. The van der Waals surface area contributed by atoms with E-state index in [1.165, 1.54) is 15.8 Å². The van der Waals surface area contributed by atoms with Crippen LogP contribution in [0.15, 0.2) is 28.9 Å². The van der Waals surface area contributed by atoms with Crippen molar-refractivity contribution >= 4 is 50.1 Å². The summed E-state index contributed by atoms with van der Waals surface area (Å²) < 4.78 is 7.43. The number of aromatic amines is 1. The van der Waals surface area contributed by atoms with Gasteiger partial charge in [-0.2, -0.15) is 0 Å². The fourth-order valence-electron chi connectivity index (χ4n) is 8.15. The molecule has 0 saturated carbocycles. The monoisotopic (exact) mass is 653 g/mol. The summed E-state index contributed by atoms with van der Waals surface area (Å²) in [5.41, 5.74) is 2.68. The lowest BCUT2D eigenvalue weighted by molar-refractivity contribution is -0.322. The molecule has 0 bridgehead atoms. The average Bonchev–Trinajstić information content (AvgIpc) is 3.63. The predicted molar refractivity (Wildman–Crippen MR) is 164 cm³/mol. The summed E-state index contributed by atoms with van der Waals surface area (Å²) in [6.45, 7) is 8.57. The molecule has 1 aliphatic carbocycles. The Hall–Kier alpha value is -2.73. The van der Waals surface area contributed by atoms with Gasteiger partial charge in [0.05, 0.1) is 10.5 Å². The standard InChI is InChI=1S/C32H40BrN5O5/c1-16(2)12-24-29(40)37-11-7-10-25(37)32(42)38(24)30(41)31(43-32,17(3)4)35-28(39)18-13-20-19-8-6-9-22-26(19)21(27(33)34-22)14-23(20)36(5)15-18/h6,8-9,13,16-18,23-25,34,42H,7,10-12,14-15H2,1-5H3,(H,35,39)/t18-,23-,24?,25+,31?,32?/m1/s1. The third-order valence-electron chi connectivity index (χ3n) is 10.3. The molecule has 10 nitrogen and oxygen atoms in total. The Bertz CT molecular complexity index is 1570. The molecule has 7 rings (SSSR count). The van der Waals surface area contributed by atoms with E-state index < -0.39 is 41.5 Å². The molecule has 0 spiro atoms. The lowest BCUT2D eigenvalue weighted by atomic mass is 9.79. The number of nitrogens with zero attached hydrogens (tertiary/aromatic N) is 3. The fourth-order valence-corrected chi connectivity index (χ4v) is 8.72. The molecule has 3 amide bonds. The van der Waals surface area contributed by atoms with E-state index in [0.717, 1.165) is 34.1 Å². The second-order valence-corrected chi connectivity index (χ2v) is 14.5. The molecule has 0 radical (unpaired) electrons. The molecule has 43 heavy (non-hydrogen) atoms. The number of halogens is 1. The van der Waals surface area contributed by atoms with E-state index >= 15 is 0 Å². The van der Waals surface area contributed by atoms with Crippen LogP contribution in [0.2, 0.25) is 0 Å². The third-order valence-corrected chi connectivity index (χ3v) is 10.9. The van der Waals surface area contributed by atoms with Crippen LogP contribution >= 0.6 is 15.9 Å². The summed E-state index contributed by atoms with van der Waals surface area (Å²) in [5.74, 6) is -4.01. The van der Waals surface area contributed by atoms with Gasteiger partial charge in [-0.15, -0.1) is 0 Å². The molecule has 3 saturated heterocycles. The molecule has 3 N–H and O–H groups in total. The van der Waals surface area contributed by atoms with Gasteiger partial charge in [0.15, 0.2) is 0 Å². The van der Waals surface area contributed by atoms with Crippen molar-refractivity contribution in [1.29, 1.82) is 0 Å². The van der Waals surface area contributed by atoms with Crippen molar-refractivity contribution in [1.82, 2.24) is 25.0 Å². The first-order valence-corrected chi connectivity index (χ1v) is 16.3. The van der Waals surface area contributed by atoms with Crippen LogP contribution < -0.4 is 5.32 Å². The molecule has 1 aromatic carbocycles. The first-order valence-electron chi connectivity index (χ1n) is 15.5. The zero-order chi connectivity index (χ0) is 30.6. The summed E-state index contributed by atoms with van der Waals surface area (Å²) >= 11 is 3.70. The third kappa shape index (κ3) is 4.04. The number of rotatable bonds is 5. The van der Waals surface area contributed by atoms with Gasteiger partial charge in [0, 0.05) is 36.0 Å². The minimum Gasteiger partial charge on any atom is -0.349 e. The number of hydrogen-bond acceptors (Lipinski definition) is 6. The summed E-state index contributed by atoms with van der Waals surface area (Å²) in [5, 5.41) is 16.3. The Balaban J connectivity index is 1.25. The van der Waals surface area contributed by atoms with Crippen LogP contribution in [-0.2, 0) is 25.5 Å². The first kappa shape index (κ1) is 29.0. The number of aliphatic hydroxyl groups is 1.